The second-order valence-corrected chi connectivity index (χ2v) is 12.2. The molecule has 3 aromatic rings. The molecule has 0 spiro atoms. The first-order valence-corrected chi connectivity index (χ1v) is 12.9. The van der Waals surface area contributed by atoms with Gasteiger partial charge < -0.3 is 0 Å². The summed E-state index contributed by atoms with van der Waals surface area (Å²) in [5.41, 5.74) is 8.57. The number of aryl methyl sites for hydroxylation is 1. The van der Waals surface area contributed by atoms with Crippen LogP contribution < -0.4 is 0 Å². The molecule has 0 saturated heterocycles. The summed E-state index contributed by atoms with van der Waals surface area (Å²) in [5, 5.41) is 0. The van der Waals surface area contributed by atoms with Gasteiger partial charge in [0.15, 0.2) is 5.84 Å². The van der Waals surface area contributed by atoms with Crippen LogP contribution in [0, 0.1) is 6.92 Å². The minimum atomic E-state index is 0.0846. The van der Waals surface area contributed by atoms with Crippen molar-refractivity contribution in [3.8, 4) is 0 Å². The first-order chi connectivity index (χ1) is 16.2. The normalized spacial score (nSPS) is 13.2. The maximum atomic E-state index is 5.00. The Morgan fingerprint density at radius 1 is 0.686 bits per heavy atom. The van der Waals surface area contributed by atoms with E-state index in [0.717, 1.165) is 26.9 Å². The fourth-order valence-corrected chi connectivity index (χ4v) is 4.40. The van der Waals surface area contributed by atoms with E-state index in [4.69, 9.17) is 9.98 Å². The summed E-state index contributed by atoms with van der Waals surface area (Å²) in [6.07, 6.45) is 0. The summed E-state index contributed by atoms with van der Waals surface area (Å²) in [5.74, 6) is 0.658. The van der Waals surface area contributed by atoms with Crippen molar-refractivity contribution in [2.24, 2.45) is 9.98 Å². The molecule has 3 heteroatoms. The smallest absolute Gasteiger partial charge is 0.160 e. The Bertz CT molecular complexity index is 1240. The highest BCUT2D eigenvalue weighted by atomic mass is 79.9. The minimum Gasteiger partial charge on any atom is -0.233 e. The molecule has 0 unspecified atom stereocenters. The minimum absolute atomic E-state index is 0.0846. The number of rotatable bonds is 4. The second-order valence-electron chi connectivity index (χ2n) is 11.3. The van der Waals surface area contributed by atoms with Gasteiger partial charge in [0.05, 0.1) is 5.70 Å². The summed E-state index contributed by atoms with van der Waals surface area (Å²) < 4.78 is 1.04. The molecular weight excluding hydrogens is 492 g/mol. The average Bonchev–Trinajstić information content (AvgIpc) is 2.77. The van der Waals surface area contributed by atoms with Gasteiger partial charge in [-0.1, -0.05) is 119 Å². The van der Waals surface area contributed by atoms with Crippen LogP contribution in [0.15, 0.2) is 87.8 Å². The zero-order chi connectivity index (χ0) is 26.0. The zero-order valence-corrected chi connectivity index (χ0v) is 23.9. The van der Waals surface area contributed by atoms with Crippen LogP contribution in [0.4, 0.5) is 0 Å². The molecule has 2 nitrogen and oxygen atoms in total. The Balaban J connectivity index is 2.06. The fraction of sp³-hybridized carbons (Fsp3) is 0.312. The van der Waals surface area contributed by atoms with E-state index in [9.17, 15) is 0 Å². The van der Waals surface area contributed by atoms with Gasteiger partial charge in [0.2, 0.25) is 0 Å². The largest absolute Gasteiger partial charge is 0.233 e. The highest BCUT2D eigenvalue weighted by Gasteiger charge is 2.15. The number of hydrogen-bond donors (Lipinski definition) is 0. The number of aliphatic imine (C=N–C) groups is 2. The molecular formula is C32H37BrN2. The van der Waals surface area contributed by atoms with Crippen LogP contribution in [0.1, 0.15) is 81.8 Å². The molecule has 182 valence electrons. The molecule has 0 fully saturated rings. The number of halogens is 1. The molecule has 0 heterocycles. The van der Waals surface area contributed by atoms with E-state index < -0.39 is 0 Å². The van der Waals surface area contributed by atoms with E-state index >= 15 is 0 Å². The lowest BCUT2D eigenvalue weighted by molar-refractivity contribution is 0.590. The Kier molecular flexibility index (Phi) is 8.01. The first-order valence-electron chi connectivity index (χ1n) is 12.1. The van der Waals surface area contributed by atoms with Gasteiger partial charge in [-0.3, -0.25) is 0 Å². The molecule has 0 bridgehead atoms. The van der Waals surface area contributed by atoms with Crippen LogP contribution in [-0.2, 0) is 10.8 Å². The van der Waals surface area contributed by atoms with Crippen molar-refractivity contribution < 1.29 is 0 Å². The van der Waals surface area contributed by atoms with E-state index in [1.54, 1.807) is 0 Å². The third kappa shape index (κ3) is 7.11. The van der Waals surface area contributed by atoms with E-state index in [2.05, 4.69) is 138 Å². The number of amidine groups is 1. The van der Waals surface area contributed by atoms with E-state index in [-0.39, 0.29) is 10.8 Å². The van der Waals surface area contributed by atoms with Crippen LogP contribution >= 0.6 is 15.9 Å². The quantitative estimate of drug-likeness (QED) is 0.238. The van der Waals surface area contributed by atoms with Crippen LogP contribution in [0.2, 0.25) is 0 Å². The zero-order valence-electron chi connectivity index (χ0n) is 22.3. The highest BCUT2D eigenvalue weighted by molar-refractivity contribution is 9.10. The van der Waals surface area contributed by atoms with Crippen molar-refractivity contribution in [2.75, 3.05) is 0 Å². The molecule has 0 atom stereocenters. The summed E-state index contributed by atoms with van der Waals surface area (Å²) >= 11 is 3.61. The first kappa shape index (κ1) is 26.8. The second kappa shape index (κ2) is 10.5. The number of nitrogens with zero attached hydrogens (tertiary/aromatic N) is 2. The van der Waals surface area contributed by atoms with Gasteiger partial charge in [-0.2, -0.15) is 0 Å². The van der Waals surface area contributed by atoms with Crippen LogP contribution in [0.3, 0.4) is 0 Å². The monoisotopic (exact) mass is 528 g/mol. The molecule has 0 saturated carbocycles. The van der Waals surface area contributed by atoms with E-state index in [1.165, 1.54) is 16.7 Å². The molecule has 3 aromatic carbocycles. The van der Waals surface area contributed by atoms with Gasteiger partial charge in [-0.15, -0.1) is 0 Å². The third-order valence-electron chi connectivity index (χ3n) is 6.07. The average molecular weight is 530 g/mol. The summed E-state index contributed by atoms with van der Waals surface area (Å²) in [6, 6.07) is 23.4. The van der Waals surface area contributed by atoms with Crippen molar-refractivity contribution in [2.45, 2.75) is 66.2 Å². The predicted molar refractivity (Wildman–Crippen MR) is 157 cm³/mol. The molecule has 3 rings (SSSR count). The van der Waals surface area contributed by atoms with Gasteiger partial charge in [-0.05, 0) is 64.6 Å². The van der Waals surface area contributed by atoms with Crippen molar-refractivity contribution in [3.63, 3.8) is 0 Å². The molecule has 0 aliphatic rings. The van der Waals surface area contributed by atoms with Crippen molar-refractivity contribution >= 4 is 33.2 Å². The van der Waals surface area contributed by atoms with E-state index in [1.807, 2.05) is 6.92 Å². The molecule has 0 N–H and O–H groups in total. The van der Waals surface area contributed by atoms with Crippen LogP contribution in [0.25, 0.3) is 5.70 Å². The summed E-state index contributed by atoms with van der Waals surface area (Å²) in [4.78, 5) is 9.93. The Labute approximate surface area is 220 Å². The molecule has 0 radical (unpaired) electrons. The number of hydrogen-bond acceptors (Lipinski definition) is 1. The van der Waals surface area contributed by atoms with Gasteiger partial charge in [0, 0.05) is 15.7 Å². The van der Waals surface area contributed by atoms with Gasteiger partial charge in [0.1, 0.15) is 0 Å². The molecule has 35 heavy (non-hydrogen) atoms. The summed E-state index contributed by atoms with van der Waals surface area (Å²) in [6.45, 7) is 21.7. The predicted octanol–water partition coefficient (Wildman–Crippen LogP) is 9.28. The maximum absolute atomic E-state index is 5.00. The third-order valence-corrected chi connectivity index (χ3v) is 6.53. The van der Waals surface area contributed by atoms with Gasteiger partial charge in [0.25, 0.3) is 0 Å². The van der Waals surface area contributed by atoms with Gasteiger partial charge >= 0.3 is 0 Å². The lowest BCUT2D eigenvalue weighted by Crippen LogP contribution is -2.11. The van der Waals surface area contributed by atoms with Crippen molar-refractivity contribution in [3.05, 3.63) is 111 Å². The maximum Gasteiger partial charge on any atom is 0.160 e. The molecule has 0 aliphatic carbocycles. The van der Waals surface area contributed by atoms with Crippen molar-refractivity contribution in [1.29, 1.82) is 0 Å². The number of benzene rings is 3. The molecule has 0 amide bonds. The Morgan fingerprint density at radius 3 is 1.63 bits per heavy atom. The van der Waals surface area contributed by atoms with E-state index in [0.29, 0.717) is 11.5 Å². The van der Waals surface area contributed by atoms with Gasteiger partial charge in [-0.25, -0.2) is 9.98 Å². The Morgan fingerprint density at radius 2 is 1.17 bits per heavy atom. The standard InChI is InChI=1S/C32H37BrN2/c1-21-18-26(20-29(33)19-21)23(3)35-30(25-12-16-28(17-13-25)32(7,8)9)34-22(2)24-10-14-27(15-11-24)31(4,5)6/h10-20H,2H2,1,3-9H3. The Hall–Kier alpha value is -2.78. The summed E-state index contributed by atoms with van der Waals surface area (Å²) in [7, 11) is 0. The fourth-order valence-electron chi connectivity index (χ4n) is 3.80. The SMILES string of the molecule is C=C(N=C(N=C(C)c1cc(C)cc(Br)c1)c1ccc(C(C)(C)C)cc1)c1ccc(C(C)(C)C)cc1. The van der Waals surface area contributed by atoms with Crippen LogP contribution in [-0.4, -0.2) is 11.5 Å². The molecule has 0 aliphatic heterocycles. The van der Waals surface area contributed by atoms with Crippen LogP contribution in [0.5, 0.6) is 0 Å². The lowest BCUT2D eigenvalue weighted by Gasteiger charge is -2.19. The highest BCUT2D eigenvalue weighted by Crippen LogP contribution is 2.26. The lowest BCUT2D eigenvalue weighted by atomic mass is 9.86. The molecule has 0 aromatic heterocycles. The topological polar surface area (TPSA) is 24.7 Å². The van der Waals surface area contributed by atoms with Crippen molar-refractivity contribution in [1.82, 2.24) is 0 Å².